The zero-order valence-electron chi connectivity index (χ0n) is 8.09. The Labute approximate surface area is 74.0 Å². The minimum absolute atomic E-state index is 0.341. The highest BCUT2D eigenvalue weighted by Crippen LogP contribution is 2.06. The van der Waals surface area contributed by atoms with Gasteiger partial charge in [-0.3, -0.25) is 0 Å². The van der Waals surface area contributed by atoms with Crippen LogP contribution in [0.4, 0.5) is 0 Å². The van der Waals surface area contributed by atoms with Crippen LogP contribution in [0.5, 0.6) is 0 Å². The molecule has 2 N–H and O–H groups in total. The molecule has 70 valence electrons. The molecule has 1 atom stereocenters. The molecule has 12 heavy (non-hydrogen) atoms. The molecule has 0 bridgehead atoms. The number of rotatable bonds is 0. The summed E-state index contributed by atoms with van der Waals surface area (Å²) in [5.74, 6) is 1.04. The summed E-state index contributed by atoms with van der Waals surface area (Å²) in [6, 6.07) is 0. The molecule has 1 fully saturated rings. The lowest BCUT2D eigenvalue weighted by molar-refractivity contribution is 0.156. The fourth-order valence-corrected chi connectivity index (χ4v) is 1.40. The number of fused-ring (bicyclic) bond motifs is 1. The summed E-state index contributed by atoms with van der Waals surface area (Å²) in [6.07, 6.45) is 0.341. The molecule has 0 amide bonds. The van der Waals surface area contributed by atoms with E-state index in [1.54, 1.807) is 0 Å². The molecule has 1 saturated heterocycles. The van der Waals surface area contributed by atoms with E-state index in [2.05, 4.69) is 20.7 Å². The van der Waals surface area contributed by atoms with Gasteiger partial charge in [-0.1, -0.05) is 13.8 Å². The Morgan fingerprint density at radius 3 is 2.92 bits per heavy atom. The first-order chi connectivity index (χ1) is 5.86. The third kappa shape index (κ3) is 1.95. The van der Waals surface area contributed by atoms with Gasteiger partial charge in [-0.05, 0) is 6.92 Å². The zero-order chi connectivity index (χ0) is 8.97. The number of hydrazine groups is 1. The van der Waals surface area contributed by atoms with Crippen LogP contribution in [0.2, 0.25) is 0 Å². The second kappa shape index (κ2) is 4.42. The van der Waals surface area contributed by atoms with Gasteiger partial charge in [0.2, 0.25) is 0 Å². The van der Waals surface area contributed by atoms with Crippen LogP contribution >= 0.6 is 0 Å². The van der Waals surface area contributed by atoms with Crippen LogP contribution in [0.3, 0.4) is 0 Å². The summed E-state index contributed by atoms with van der Waals surface area (Å²) < 4.78 is 0. The smallest absolute Gasteiger partial charge is 0.133 e. The lowest BCUT2D eigenvalue weighted by Gasteiger charge is -2.27. The van der Waals surface area contributed by atoms with Crippen molar-refractivity contribution in [2.75, 3.05) is 19.6 Å². The summed E-state index contributed by atoms with van der Waals surface area (Å²) in [7, 11) is 0. The molecule has 0 aromatic carbocycles. The van der Waals surface area contributed by atoms with Crippen molar-refractivity contribution < 1.29 is 0 Å². The Morgan fingerprint density at radius 2 is 2.25 bits per heavy atom. The van der Waals surface area contributed by atoms with Crippen LogP contribution in [0.25, 0.3) is 0 Å². The van der Waals surface area contributed by atoms with E-state index < -0.39 is 0 Å². The first-order valence-electron chi connectivity index (χ1n) is 4.65. The number of aliphatic imine (C=N–C) groups is 1. The summed E-state index contributed by atoms with van der Waals surface area (Å²) in [6.45, 7) is 9.08. The van der Waals surface area contributed by atoms with Crippen molar-refractivity contribution in [2.24, 2.45) is 4.99 Å². The molecule has 0 saturated carbocycles. The standard InChI is InChI=1S/C6H12N4.C2H6/c1-5-8-6-4-7-2-3-10(6)9-5;1-2/h6-7H,2-4H2,1H3,(H,8,9);1-2H3. The van der Waals surface area contributed by atoms with Crippen molar-refractivity contribution >= 4 is 5.84 Å². The predicted octanol–water partition coefficient (Wildman–Crippen LogP) is 0.180. The quantitative estimate of drug-likeness (QED) is 0.545. The summed E-state index contributed by atoms with van der Waals surface area (Å²) >= 11 is 0. The highest BCUT2D eigenvalue weighted by molar-refractivity contribution is 5.80. The largest absolute Gasteiger partial charge is 0.312 e. The second-order valence-corrected chi connectivity index (χ2v) is 2.70. The van der Waals surface area contributed by atoms with Crippen LogP contribution in [0, 0.1) is 0 Å². The van der Waals surface area contributed by atoms with Crippen molar-refractivity contribution in [3.63, 3.8) is 0 Å². The molecule has 2 aliphatic rings. The minimum atomic E-state index is 0.341. The van der Waals surface area contributed by atoms with E-state index in [0.717, 1.165) is 25.5 Å². The van der Waals surface area contributed by atoms with Gasteiger partial charge >= 0.3 is 0 Å². The Kier molecular flexibility index (Phi) is 3.49. The van der Waals surface area contributed by atoms with E-state index in [9.17, 15) is 0 Å². The molecule has 0 aromatic rings. The highest BCUT2D eigenvalue weighted by atomic mass is 15.6. The number of nitrogens with one attached hydrogen (secondary N) is 2. The normalized spacial score (nSPS) is 27.9. The Hall–Kier alpha value is -0.610. The van der Waals surface area contributed by atoms with Gasteiger partial charge in [0, 0.05) is 19.6 Å². The molecule has 2 heterocycles. The first-order valence-corrected chi connectivity index (χ1v) is 4.65. The predicted molar refractivity (Wildman–Crippen MR) is 51.0 cm³/mol. The summed E-state index contributed by atoms with van der Waals surface area (Å²) in [4.78, 5) is 4.38. The maximum atomic E-state index is 4.38. The van der Waals surface area contributed by atoms with Crippen molar-refractivity contribution in [1.82, 2.24) is 15.8 Å². The molecule has 0 radical (unpaired) electrons. The average molecular weight is 170 g/mol. The molecule has 0 aromatic heterocycles. The van der Waals surface area contributed by atoms with Gasteiger partial charge in [0.05, 0.1) is 0 Å². The molecule has 1 unspecified atom stereocenters. The molecule has 2 aliphatic heterocycles. The number of nitrogens with zero attached hydrogens (tertiary/aromatic N) is 2. The lowest BCUT2D eigenvalue weighted by Crippen LogP contribution is -2.52. The van der Waals surface area contributed by atoms with Crippen LogP contribution < -0.4 is 10.7 Å². The van der Waals surface area contributed by atoms with Gasteiger partial charge in [-0.15, -0.1) is 0 Å². The topological polar surface area (TPSA) is 39.7 Å². The lowest BCUT2D eigenvalue weighted by atomic mass is 10.4. The summed E-state index contributed by atoms with van der Waals surface area (Å²) in [5.41, 5.74) is 3.20. The molecule has 4 nitrogen and oxygen atoms in total. The van der Waals surface area contributed by atoms with E-state index >= 15 is 0 Å². The maximum absolute atomic E-state index is 4.38. The highest BCUT2D eigenvalue weighted by Gasteiger charge is 2.25. The molecular weight excluding hydrogens is 152 g/mol. The third-order valence-electron chi connectivity index (χ3n) is 1.86. The van der Waals surface area contributed by atoms with Crippen LogP contribution in [-0.4, -0.2) is 36.6 Å². The fraction of sp³-hybridized carbons (Fsp3) is 0.875. The zero-order valence-corrected chi connectivity index (χ0v) is 8.09. The Balaban J connectivity index is 0.000000336. The SMILES string of the molecule is CC.CC1=NC2CNCCN2N1. The van der Waals surface area contributed by atoms with Crippen molar-refractivity contribution in [1.29, 1.82) is 0 Å². The number of hydrogen-bond acceptors (Lipinski definition) is 4. The van der Waals surface area contributed by atoms with Gasteiger partial charge in [-0.2, -0.15) is 5.01 Å². The molecule has 4 heteroatoms. The van der Waals surface area contributed by atoms with Gasteiger partial charge in [0.15, 0.2) is 0 Å². The second-order valence-electron chi connectivity index (χ2n) is 2.70. The van der Waals surface area contributed by atoms with E-state index in [1.807, 2.05) is 20.8 Å². The molecular formula is C8H18N4. The molecule has 0 spiro atoms. The van der Waals surface area contributed by atoms with Crippen molar-refractivity contribution in [3.05, 3.63) is 0 Å². The Morgan fingerprint density at radius 1 is 1.50 bits per heavy atom. The summed E-state index contributed by atoms with van der Waals surface area (Å²) in [5, 5.41) is 5.46. The van der Waals surface area contributed by atoms with Crippen molar-refractivity contribution in [3.8, 4) is 0 Å². The van der Waals surface area contributed by atoms with E-state index in [1.165, 1.54) is 0 Å². The number of amidine groups is 1. The van der Waals surface area contributed by atoms with Crippen LogP contribution in [-0.2, 0) is 0 Å². The van der Waals surface area contributed by atoms with Crippen LogP contribution in [0.1, 0.15) is 20.8 Å². The van der Waals surface area contributed by atoms with Gasteiger partial charge < -0.3 is 10.7 Å². The van der Waals surface area contributed by atoms with Gasteiger partial charge in [0.25, 0.3) is 0 Å². The van der Waals surface area contributed by atoms with Crippen LogP contribution in [0.15, 0.2) is 4.99 Å². The Bertz CT molecular complexity index is 166. The minimum Gasteiger partial charge on any atom is -0.312 e. The molecule has 2 rings (SSSR count). The van der Waals surface area contributed by atoms with E-state index in [-0.39, 0.29) is 0 Å². The molecule has 0 aliphatic carbocycles. The fourth-order valence-electron chi connectivity index (χ4n) is 1.40. The van der Waals surface area contributed by atoms with Gasteiger partial charge in [0.1, 0.15) is 12.0 Å². The van der Waals surface area contributed by atoms with Gasteiger partial charge in [-0.25, -0.2) is 4.99 Å². The average Bonchev–Trinajstić information content (AvgIpc) is 2.48. The van der Waals surface area contributed by atoms with Crippen molar-refractivity contribution in [2.45, 2.75) is 26.9 Å². The first kappa shape index (κ1) is 9.48. The van der Waals surface area contributed by atoms with E-state index in [4.69, 9.17) is 0 Å². The monoisotopic (exact) mass is 170 g/mol. The number of hydrogen-bond donors (Lipinski definition) is 2. The number of piperazine rings is 1. The van der Waals surface area contributed by atoms with E-state index in [0.29, 0.717) is 6.17 Å². The third-order valence-corrected chi connectivity index (χ3v) is 1.86. The maximum Gasteiger partial charge on any atom is 0.133 e.